The molecule has 0 aliphatic heterocycles. The van der Waals surface area contributed by atoms with Crippen molar-refractivity contribution in [3.8, 4) is 5.75 Å². The van der Waals surface area contributed by atoms with E-state index in [4.69, 9.17) is 13.8 Å². The SMILES string of the molecule is Cc1noc(C)c1COc1ccc(S(=O)O)cc1. The van der Waals surface area contributed by atoms with Crippen LogP contribution in [-0.4, -0.2) is 13.9 Å². The summed E-state index contributed by atoms with van der Waals surface area (Å²) in [6.07, 6.45) is 0. The Morgan fingerprint density at radius 2 is 2.00 bits per heavy atom. The summed E-state index contributed by atoms with van der Waals surface area (Å²) in [5.41, 5.74) is 1.73. The van der Waals surface area contributed by atoms with E-state index in [-0.39, 0.29) is 0 Å². The third kappa shape index (κ3) is 2.77. The summed E-state index contributed by atoms with van der Waals surface area (Å²) in [6.45, 7) is 4.05. The predicted molar refractivity (Wildman–Crippen MR) is 65.8 cm³/mol. The molecule has 2 aromatic rings. The zero-order valence-electron chi connectivity index (χ0n) is 10.0. The van der Waals surface area contributed by atoms with Crippen molar-refractivity contribution in [1.29, 1.82) is 0 Å². The van der Waals surface area contributed by atoms with E-state index in [0.717, 1.165) is 17.0 Å². The molecule has 0 saturated carbocycles. The molecule has 0 radical (unpaired) electrons. The minimum atomic E-state index is -1.96. The average molecular weight is 267 g/mol. The molecule has 96 valence electrons. The molecule has 1 N–H and O–H groups in total. The summed E-state index contributed by atoms with van der Waals surface area (Å²) >= 11 is -1.96. The summed E-state index contributed by atoms with van der Waals surface area (Å²) < 4.78 is 30.3. The lowest BCUT2D eigenvalue weighted by atomic mass is 10.2. The topological polar surface area (TPSA) is 72.6 Å². The van der Waals surface area contributed by atoms with E-state index in [1.807, 2.05) is 13.8 Å². The molecule has 5 nitrogen and oxygen atoms in total. The highest BCUT2D eigenvalue weighted by Crippen LogP contribution is 2.18. The first-order valence-corrected chi connectivity index (χ1v) is 6.44. The number of aryl methyl sites for hydroxylation is 2. The van der Waals surface area contributed by atoms with Crippen molar-refractivity contribution in [1.82, 2.24) is 5.16 Å². The molecule has 0 spiro atoms. The molecule has 0 bridgehead atoms. The molecule has 0 amide bonds. The van der Waals surface area contributed by atoms with Crippen molar-refractivity contribution in [3.63, 3.8) is 0 Å². The molecular weight excluding hydrogens is 254 g/mol. The number of hydrogen-bond acceptors (Lipinski definition) is 4. The minimum Gasteiger partial charge on any atom is -0.489 e. The Morgan fingerprint density at radius 1 is 1.33 bits per heavy atom. The lowest BCUT2D eigenvalue weighted by Gasteiger charge is -2.05. The molecule has 0 fully saturated rings. The van der Waals surface area contributed by atoms with Gasteiger partial charge in [0.2, 0.25) is 0 Å². The highest BCUT2D eigenvalue weighted by atomic mass is 32.2. The number of nitrogens with zero attached hydrogens (tertiary/aromatic N) is 1. The second-order valence-corrected chi connectivity index (χ2v) is 4.78. The Balaban J connectivity index is 2.04. The number of benzene rings is 1. The van der Waals surface area contributed by atoms with Crippen molar-refractivity contribution >= 4 is 11.1 Å². The maximum absolute atomic E-state index is 10.8. The van der Waals surface area contributed by atoms with Gasteiger partial charge in [-0.2, -0.15) is 0 Å². The smallest absolute Gasteiger partial charge is 0.186 e. The normalized spacial score (nSPS) is 12.4. The van der Waals surface area contributed by atoms with Gasteiger partial charge in [-0.1, -0.05) is 5.16 Å². The third-order valence-electron chi connectivity index (χ3n) is 2.59. The molecular formula is C12H13NO4S. The van der Waals surface area contributed by atoms with E-state index in [1.54, 1.807) is 24.3 Å². The van der Waals surface area contributed by atoms with Gasteiger partial charge in [0.25, 0.3) is 0 Å². The molecule has 1 aromatic carbocycles. The summed E-state index contributed by atoms with van der Waals surface area (Å²) in [5, 5.41) is 3.84. The highest BCUT2D eigenvalue weighted by Gasteiger charge is 2.09. The fourth-order valence-electron chi connectivity index (χ4n) is 1.52. The first kappa shape index (κ1) is 12.8. The Kier molecular flexibility index (Phi) is 3.78. The minimum absolute atomic E-state index is 0.347. The number of aromatic nitrogens is 1. The van der Waals surface area contributed by atoms with Gasteiger partial charge in [0.05, 0.1) is 16.2 Å². The van der Waals surface area contributed by atoms with Crippen LogP contribution in [0, 0.1) is 13.8 Å². The van der Waals surface area contributed by atoms with Gasteiger partial charge >= 0.3 is 0 Å². The Labute approximate surface area is 107 Å². The van der Waals surface area contributed by atoms with Gasteiger partial charge in [0, 0.05) is 0 Å². The maximum Gasteiger partial charge on any atom is 0.186 e. The summed E-state index contributed by atoms with van der Waals surface area (Å²) in [4.78, 5) is 0.347. The quantitative estimate of drug-likeness (QED) is 0.861. The number of ether oxygens (including phenoxy) is 1. The molecule has 0 aliphatic rings. The molecule has 1 atom stereocenters. The van der Waals surface area contributed by atoms with E-state index in [2.05, 4.69) is 5.16 Å². The van der Waals surface area contributed by atoms with E-state index >= 15 is 0 Å². The van der Waals surface area contributed by atoms with Crippen LogP contribution in [-0.2, 0) is 17.7 Å². The van der Waals surface area contributed by atoms with Crippen molar-refractivity contribution in [2.75, 3.05) is 0 Å². The second kappa shape index (κ2) is 5.32. The first-order chi connectivity index (χ1) is 8.58. The molecule has 2 rings (SSSR count). The number of rotatable bonds is 4. The lowest BCUT2D eigenvalue weighted by molar-refractivity contribution is 0.301. The van der Waals surface area contributed by atoms with Crippen molar-refractivity contribution in [2.24, 2.45) is 0 Å². The van der Waals surface area contributed by atoms with Crippen LogP contribution in [0.4, 0.5) is 0 Å². The van der Waals surface area contributed by atoms with Crippen LogP contribution in [0.15, 0.2) is 33.7 Å². The van der Waals surface area contributed by atoms with Crippen LogP contribution in [0.5, 0.6) is 5.75 Å². The summed E-state index contributed by atoms with van der Waals surface area (Å²) in [5.74, 6) is 1.37. The van der Waals surface area contributed by atoms with E-state index in [1.165, 1.54) is 0 Å². The highest BCUT2D eigenvalue weighted by molar-refractivity contribution is 7.79. The van der Waals surface area contributed by atoms with Crippen LogP contribution >= 0.6 is 0 Å². The van der Waals surface area contributed by atoms with E-state index in [9.17, 15) is 4.21 Å². The van der Waals surface area contributed by atoms with Gasteiger partial charge in [-0.3, -0.25) is 0 Å². The Hall–Kier alpha value is -1.66. The second-order valence-electron chi connectivity index (χ2n) is 3.81. The van der Waals surface area contributed by atoms with Gasteiger partial charge in [0.1, 0.15) is 18.1 Å². The van der Waals surface area contributed by atoms with Crippen LogP contribution in [0.25, 0.3) is 0 Å². The van der Waals surface area contributed by atoms with Crippen molar-refractivity contribution in [3.05, 3.63) is 41.3 Å². The molecule has 0 saturated heterocycles. The average Bonchev–Trinajstić information content (AvgIpc) is 2.67. The molecule has 0 aliphatic carbocycles. The molecule has 1 heterocycles. The van der Waals surface area contributed by atoms with Crippen LogP contribution < -0.4 is 4.74 Å². The van der Waals surface area contributed by atoms with Crippen molar-refractivity contribution < 1.29 is 18.0 Å². The van der Waals surface area contributed by atoms with Gasteiger partial charge in [-0.05, 0) is 38.1 Å². The lowest BCUT2D eigenvalue weighted by Crippen LogP contribution is -1.98. The fraction of sp³-hybridized carbons (Fsp3) is 0.250. The largest absolute Gasteiger partial charge is 0.489 e. The van der Waals surface area contributed by atoms with Gasteiger partial charge < -0.3 is 13.8 Å². The third-order valence-corrected chi connectivity index (χ3v) is 3.27. The molecule has 1 aromatic heterocycles. The van der Waals surface area contributed by atoms with Crippen LogP contribution in [0.1, 0.15) is 17.0 Å². The Morgan fingerprint density at radius 3 is 2.50 bits per heavy atom. The zero-order chi connectivity index (χ0) is 13.1. The fourth-order valence-corrected chi connectivity index (χ4v) is 1.88. The van der Waals surface area contributed by atoms with Gasteiger partial charge in [-0.15, -0.1) is 0 Å². The van der Waals surface area contributed by atoms with E-state index in [0.29, 0.717) is 17.3 Å². The van der Waals surface area contributed by atoms with Gasteiger partial charge in [-0.25, -0.2) is 4.21 Å². The predicted octanol–water partition coefficient (Wildman–Crippen LogP) is 2.45. The Bertz CT molecular complexity index is 542. The summed E-state index contributed by atoms with van der Waals surface area (Å²) in [6, 6.07) is 6.42. The molecule has 18 heavy (non-hydrogen) atoms. The van der Waals surface area contributed by atoms with Gasteiger partial charge in [0.15, 0.2) is 11.1 Å². The standard InChI is InChI=1S/C12H13NO4S/c1-8-12(9(2)17-13-8)7-16-10-3-5-11(6-4-10)18(14)15/h3-6H,7H2,1-2H3,(H,14,15). The monoisotopic (exact) mass is 267 g/mol. The van der Waals surface area contributed by atoms with Crippen LogP contribution in [0.3, 0.4) is 0 Å². The number of hydrogen-bond donors (Lipinski definition) is 1. The maximum atomic E-state index is 10.8. The first-order valence-electron chi connectivity index (χ1n) is 5.33. The zero-order valence-corrected chi connectivity index (χ0v) is 10.9. The van der Waals surface area contributed by atoms with Crippen LogP contribution in [0.2, 0.25) is 0 Å². The molecule has 1 unspecified atom stereocenters. The van der Waals surface area contributed by atoms with E-state index < -0.39 is 11.1 Å². The summed E-state index contributed by atoms with van der Waals surface area (Å²) in [7, 11) is 0. The molecule has 6 heteroatoms. The van der Waals surface area contributed by atoms with Crippen molar-refractivity contribution in [2.45, 2.75) is 25.3 Å².